The summed E-state index contributed by atoms with van der Waals surface area (Å²) in [5, 5.41) is 19.4. The number of carbonyl (C=O) groups is 2. The highest BCUT2D eigenvalue weighted by atomic mass is 19.1. The van der Waals surface area contributed by atoms with E-state index in [1.54, 1.807) is 19.1 Å². The molecule has 0 saturated carbocycles. The number of ketones is 1. The van der Waals surface area contributed by atoms with Gasteiger partial charge in [0.05, 0.1) is 34.9 Å². The second-order valence-electron chi connectivity index (χ2n) is 8.93. The van der Waals surface area contributed by atoms with Crippen molar-refractivity contribution in [3.05, 3.63) is 70.9 Å². The van der Waals surface area contributed by atoms with E-state index in [9.17, 15) is 19.1 Å². The van der Waals surface area contributed by atoms with E-state index in [2.05, 4.69) is 9.97 Å². The average Bonchev–Trinajstić information content (AvgIpc) is 2.73. The van der Waals surface area contributed by atoms with Crippen molar-refractivity contribution >= 4 is 11.8 Å². The molecule has 1 heterocycles. The Kier molecular flexibility index (Phi) is 6.76. The predicted octanol–water partition coefficient (Wildman–Crippen LogP) is 5.19. The van der Waals surface area contributed by atoms with Crippen LogP contribution in [0.5, 0.6) is 11.5 Å². The van der Waals surface area contributed by atoms with E-state index in [-0.39, 0.29) is 29.1 Å². The van der Waals surface area contributed by atoms with E-state index in [1.807, 2.05) is 20.8 Å². The zero-order valence-electron chi connectivity index (χ0n) is 18.8. The van der Waals surface area contributed by atoms with Gasteiger partial charge >= 0.3 is 5.97 Å². The number of hydrogen-bond donors (Lipinski definition) is 2. The molecule has 0 saturated heterocycles. The number of phenolic OH excluding ortho intramolecular Hbond substituents is 1. The largest absolute Gasteiger partial charge is 0.507 e. The second kappa shape index (κ2) is 9.36. The maximum absolute atomic E-state index is 13.9. The van der Waals surface area contributed by atoms with Crippen LogP contribution in [0.3, 0.4) is 0 Å². The molecule has 0 atom stereocenters. The van der Waals surface area contributed by atoms with Gasteiger partial charge in [-0.1, -0.05) is 26.8 Å². The molecule has 33 heavy (non-hydrogen) atoms. The third-order valence-corrected chi connectivity index (χ3v) is 4.95. The average molecular weight is 452 g/mol. The summed E-state index contributed by atoms with van der Waals surface area (Å²) in [6.07, 6.45) is 3.21. The summed E-state index contributed by atoms with van der Waals surface area (Å²) in [6.45, 7) is 7.61. The van der Waals surface area contributed by atoms with Crippen molar-refractivity contribution in [3.8, 4) is 22.8 Å². The molecule has 3 rings (SSSR count). The first-order valence-electron chi connectivity index (χ1n) is 10.3. The molecule has 0 bridgehead atoms. The molecule has 0 aliphatic carbocycles. The molecule has 2 aromatic carbocycles. The van der Waals surface area contributed by atoms with Gasteiger partial charge in [0.2, 0.25) is 0 Å². The SMILES string of the molecule is Cc1c(OCc2cnc(-c3ccc(C(=O)O)c(F)c3)cn2)ccc(C(=O)CC(C)(C)C)c1O. The van der Waals surface area contributed by atoms with Gasteiger partial charge in [-0.05, 0) is 36.6 Å². The molecule has 7 nitrogen and oxygen atoms in total. The third-order valence-electron chi connectivity index (χ3n) is 4.95. The lowest BCUT2D eigenvalue weighted by Gasteiger charge is -2.18. The first kappa shape index (κ1) is 23.8. The molecule has 0 unspecified atom stereocenters. The fourth-order valence-corrected chi connectivity index (χ4v) is 3.22. The minimum absolute atomic E-state index is 0.0646. The van der Waals surface area contributed by atoms with Crippen molar-refractivity contribution in [3.63, 3.8) is 0 Å². The number of benzene rings is 2. The van der Waals surface area contributed by atoms with Gasteiger partial charge in [-0.3, -0.25) is 14.8 Å². The summed E-state index contributed by atoms with van der Waals surface area (Å²) in [5.41, 5.74) is 1.38. The fraction of sp³-hybridized carbons (Fsp3) is 0.280. The topological polar surface area (TPSA) is 110 Å². The minimum Gasteiger partial charge on any atom is -0.507 e. The van der Waals surface area contributed by atoms with E-state index in [1.165, 1.54) is 24.5 Å². The monoisotopic (exact) mass is 452 g/mol. The molecular formula is C25H25FN2O5. The molecule has 0 aliphatic rings. The van der Waals surface area contributed by atoms with Gasteiger partial charge in [0, 0.05) is 17.5 Å². The quantitative estimate of drug-likeness (QED) is 0.475. The Morgan fingerprint density at radius 3 is 2.33 bits per heavy atom. The number of nitrogens with zero attached hydrogens (tertiary/aromatic N) is 2. The molecule has 0 aliphatic heterocycles. The Balaban J connectivity index is 1.70. The number of aromatic nitrogens is 2. The van der Waals surface area contributed by atoms with Gasteiger partial charge in [-0.2, -0.15) is 0 Å². The lowest BCUT2D eigenvalue weighted by atomic mass is 9.87. The maximum atomic E-state index is 13.9. The van der Waals surface area contributed by atoms with Crippen LogP contribution in [0.2, 0.25) is 0 Å². The molecule has 172 valence electrons. The van der Waals surface area contributed by atoms with Crippen molar-refractivity contribution in [2.45, 2.75) is 40.7 Å². The van der Waals surface area contributed by atoms with Crippen LogP contribution in [-0.4, -0.2) is 31.9 Å². The molecule has 1 aromatic heterocycles. The molecule has 0 amide bonds. The van der Waals surface area contributed by atoms with Crippen molar-refractivity contribution < 1.29 is 28.9 Å². The molecule has 8 heteroatoms. The van der Waals surface area contributed by atoms with Crippen molar-refractivity contribution in [1.82, 2.24) is 9.97 Å². The highest BCUT2D eigenvalue weighted by molar-refractivity contribution is 5.99. The normalized spacial score (nSPS) is 11.3. The van der Waals surface area contributed by atoms with Gasteiger partial charge in [-0.25, -0.2) is 9.18 Å². The Bertz CT molecular complexity index is 1200. The van der Waals surface area contributed by atoms with E-state index >= 15 is 0 Å². The molecule has 0 fully saturated rings. The van der Waals surface area contributed by atoms with Crippen molar-refractivity contribution in [2.75, 3.05) is 0 Å². The first-order chi connectivity index (χ1) is 15.5. The second-order valence-corrected chi connectivity index (χ2v) is 8.93. The Morgan fingerprint density at radius 1 is 1.06 bits per heavy atom. The van der Waals surface area contributed by atoms with E-state index < -0.39 is 17.3 Å². The summed E-state index contributed by atoms with van der Waals surface area (Å²) in [6, 6.07) is 6.92. The summed E-state index contributed by atoms with van der Waals surface area (Å²) < 4.78 is 19.7. The van der Waals surface area contributed by atoms with Gasteiger partial charge < -0.3 is 14.9 Å². The zero-order chi connectivity index (χ0) is 24.3. The van der Waals surface area contributed by atoms with Crippen molar-refractivity contribution in [1.29, 1.82) is 0 Å². The van der Waals surface area contributed by atoms with Crippen LogP contribution in [0.25, 0.3) is 11.3 Å². The maximum Gasteiger partial charge on any atom is 0.338 e. The van der Waals surface area contributed by atoms with Crippen LogP contribution in [0.4, 0.5) is 4.39 Å². The minimum atomic E-state index is -1.34. The smallest absolute Gasteiger partial charge is 0.338 e. The van der Waals surface area contributed by atoms with E-state index in [0.717, 1.165) is 6.07 Å². The van der Waals surface area contributed by atoms with Crippen LogP contribution in [-0.2, 0) is 6.61 Å². The molecule has 0 spiro atoms. The first-order valence-corrected chi connectivity index (χ1v) is 10.3. The van der Waals surface area contributed by atoms with Crippen LogP contribution in [0.1, 0.15) is 59.2 Å². The Hall–Kier alpha value is -3.81. The number of phenols is 1. The number of Topliss-reactive ketones (excluding diaryl/α,β-unsaturated/α-hetero) is 1. The third kappa shape index (κ3) is 5.71. The number of aromatic hydroxyl groups is 1. The number of hydrogen-bond acceptors (Lipinski definition) is 6. The number of aromatic carboxylic acids is 1. The molecule has 3 aromatic rings. The summed E-state index contributed by atoms with van der Waals surface area (Å²) in [4.78, 5) is 31.9. The number of carboxylic acids is 1. The van der Waals surface area contributed by atoms with E-state index in [4.69, 9.17) is 9.84 Å². The number of carboxylic acid groups (broad SMARTS) is 1. The van der Waals surface area contributed by atoms with Gasteiger partial charge in [0.15, 0.2) is 5.78 Å². The van der Waals surface area contributed by atoms with E-state index in [0.29, 0.717) is 34.7 Å². The fourth-order valence-electron chi connectivity index (χ4n) is 3.22. The van der Waals surface area contributed by atoms with Gasteiger partial charge in [-0.15, -0.1) is 0 Å². The Morgan fingerprint density at radius 2 is 1.76 bits per heavy atom. The molecular weight excluding hydrogens is 427 g/mol. The summed E-state index contributed by atoms with van der Waals surface area (Å²) >= 11 is 0. The van der Waals surface area contributed by atoms with Crippen LogP contribution < -0.4 is 4.74 Å². The predicted molar refractivity (Wildman–Crippen MR) is 120 cm³/mol. The lowest BCUT2D eigenvalue weighted by Crippen LogP contribution is -2.13. The van der Waals surface area contributed by atoms with Crippen LogP contribution in [0, 0.1) is 18.2 Å². The van der Waals surface area contributed by atoms with Gasteiger partial charge in [0.1, 0.15) is 23.9 Å². The summed E-state index contributed by atoms with van der Waals surface area (Å²) in [7, 11) is 0. The highest BCUT2D eigenvalue weighted by Crippen LogP contribution is 2.33. The number of carbonyl (C=O) groups excluding carboxylic acids is 1. The number of ether oxygens (including phenoxy) is 1. The summed E-state index contributed by atoms with van der Waals surface area (Å²) in [5.74, 6) is -2.02. The molecule has 2 N–H and O–H groups in total. The molecule has 0 radical (unpaired) electrons. The Labute approximate surface area is 190 Å². The standard InChI is InChI=1S/C25H25FN2O5/c1-14-22(8-7-18(23(14)30)21(29)10-25(2,3)4)33-13-16-11-28-20(12-27-16)15-5-6-17(24(31)32)19(26)9-15/h5-9,11-12,30H,10,13H2,1-4H3,(H,31,32). The van der Waals surface area contributed by atoms with Gasteiger partial charge in [0.25, 0.3) is 0 Å². The van der Waals surface area contributed by atoms with Crippen molar-refractivity contribution in [2.24, 2.45) is 5.41 Å². The lowest BCUT2D eigenvalue weighted by molar-refractivity contribution is 0.0691. The number of rotatable bonds is 7. The zero-order valence-corrected chi connectivity index (χ0v) is 18.8. The van der Waals surface area contributed by atoms with Crippen LogP contribution >= 0.6 is 0 Å². The highest BCUT2D eigenvalue weighted by Gasteiger charge is 2.21. The number of halogens is 1. The van der Waals surface area contributed by atoms with Crippen LogP contribution in [0.15, 0.2) is 42.7 Å².